The van der Waals surface area contributed by atoms with Gasteiger partial charge in [0.05, 0.1) is 10.7 Å². The van der Waals surface area contributed by atoms with Gasteiger partial charge in [0.15, 0.2) is 0 Å². The second-order valence-electron chi connectivity index (χ2n) is 4.52. The molecule has 2 nitrogen and oxygen atoms in total. The van der Waals surface area contributed by atoms with Crippen LogP contribution in [0.1, 0.15) is 13.8 Å². The Morgan fingerprint density at radius 1 is 1.26 bits per heavy atom. The lowest BCUT2D eigenvalue weighted by atomic mass is 10.1. The summed E-state index contributed by atoms with van der Waals surface area (Å²) >= 11 is 3.37. The summed E-state index contributed by atoms with van der Waals surface area (Å²) < 4.78 is 0. The molecule has 0 aromatic heterocycles. The summed E-state index contributed by atoms with van der Waals surface area (Å²) in [4.78, 5) is 8.06. The Morgan fingerprint density at radius 2 is 2.05 bits per heavy atom. The summed E-state index contributed by atoms with van der Waals surface area (Å²) in [5.41, 5.74) is 8.00. The van der Waals surface area contributed by atoms with E-state index in [1.807, 2.05) is 19.9 Å². The van der Waals surface area contributed by atoms with Crippen molar-refractivity contribution in [3.8, 4) is 0 Å². The van der Waals surface area contributed by atoms with E-state index in [0.717, 1.165) is 31.6 Å². The third kappa shape index (κ3) is 2.15. The molecule has 1 aliphatic rings. The molecule has 0 fully saturated rings. The lowest BCUT2D eigenvalue weighted by molar-refractivity contribution is 1.42. The van der Waals surface area contributed by atoms with E-state index in [-0.39, 0.29) is 0 Å². The second-order valence-corrected chi connectivity index (χ2v) is 7.10. The standard InChI is InChI=1S/C15H14N2S2/c1-8(2)18-12-7-5-11-15-13(19-9(3)17-11)6-4-10(16)14(12)15/h4-7H,1,16H2,2-3H3. The van der Waals surface area contributed by atoms with E-state index in [1.165, 1.54) is 10.3 Å². The summed E-state index contributed by atoms with van der Waals surface area (Å²) in [6.45, 7) is 8.01. The zero-order valence-corrected chi connectivity index (χ0v) is 12.5. The number of allylic oxidation sites excluding steroid dienone is 1. The Balaban J connectivity index is 2.37. The molecular weight excluding hydrogens is 272 g/mol. The summed E-state index contributed by atoms with van der Waals surface area (Å²) in [6.07, 6.45) is 0. The number of thioether (sulfide) groups is 2. The van der Waals surface area contributed by atoms with Crippen molar-refractivity contribution in [1.82, 2.24) is 0 Å². The Hall–Kier alpha value is -1.39. The highest BCUT2D eigenvalue weighted by Gasteiger charge is 2.17. The fourth-order valence-electron chi connectivity index (χ4n) is 2.24. The van der Waals surface area contributed by atoms with Crippen LogP contribution in [0.3, 0.4) is 0 Å². The van der Waals surface area contributed by atoms with Crippen LogP contribution in [0.25, 0.3) is 10.8 Å². The summed E-state index contributed by atoms with van der Waals surface area (Å²) in [5, 5.41) is 3.34. The zero-order chi connectivity index (χ0) is 13.6. The first-order valence-corrected chi connectivity index (χ1v) is 7.61. The van der Waals surface area contributed by atoms with Crippen LogP contribution < -0.4 is 5.73 Å². The second kappa shape index (κ2) is 4.62. The quantitative estimate of drug-likeness (QED) is 0.609. The fourth-order valence-corrected chi connectivity index (χ4v) is 3.98. The Bertz CT molecular complexity index is 732. The molecule has 3 rings (SSSR count). The third-order valence-electron chi connectivity index (χ3n) is 2.91. The van der Waals surface area contributed by atoms with Crippen molar-refractivity contribution in [2.24, 2.45) is 4.99 Å². The Labute approximate surface area is 121 Å². The molecule has 0 saturated carbocycles. The molecule has 0 atom stereocenters. The molecular formula is C15H14N2S2. The molecule has 0 saturated heterocycles. The SMILES string of the molecule is C=C(C)Sc1ccc2c3c(ccc(N)c13)SC(C)=N2. The smallest absolute Gasteiger partial charge is 0.0755 e. The molecule has 2 aromatic rings. The van der Waals surface area contributed by atoms with Crippen molar-refractivity contribution in [2.75, 3.05) is 5.73 Å². The van der Waals surface area contributed by atoms with Crippen LogP contribution in [-0.4, -0.2) is 5.04 Å². The van der Waals surface area contributed by atoms with E-state index >= 15 is 0 Å². The number of nitrogens with zero attached hydrogens (tertiary/aromatic N) is 1. The number of hydrogen-bond acceptors (Lipinski definition) is 4. The molecule has 0 bridgehead atoms. The topological polar surface area (TPSA) is 38.4 Å². The number of benzene rings is 2. The number of rotatable bonds is 2. The Morgan fingerprint density at radius 3 is 2.79 bits per heavy atom. The van der Waals surface area contributed by atoms with E-state index in [9.17, 15) is 0 Å². The highest BCUT2D eigenvalue weighted by Crippen LogP contribution is 2.46. The van der Waals surface area contributed by atoms with E-state index in [0.29, 0.717) is 0 Å². The van der Waals surface area contributed by atoms with Crippen molar-refractivity contribution in [3.63, 3.8) is 0 Å². The fraction of sp³-hybridized carbons (Fsp3) is 0.133. The molecule has 1 aliphatic heterocycles. The summed E-state index contributed by atoms with van der Waals surface area (Å²) in [6, 6.07) is 8.22. The first-order chi connectivity index (χ1) is 9.06. The van der Waals surface area contributed by atoms with Crippen molar-refractivity contribution in [1.29, 1.82) is 0 Å². The molecule has 96 valence electrons. The van der Waals surface area contributed by atoms with Gasteiger partial charge in [0, 0.05) is 26.3 Å². The maximum absolute atomic E-state index is 6.18. The van der Waals surface area contributed by atoms with Crippen LogP contribution in [0.4, 0.5) is 11.4 Å². The minimum Gasteiger partial charge on any atom is -0.398 e. The highest BCUT2D eigenvalue weighted by molar-refractivity contribution is 8.14. The van der Waals surface area contributed by atoms with Crippen LogP contribution in [0.5, 0.6) is 0 Å². The molecule has 0 radical (unpaired) electrons. The first kappa shape index (κ1) is 12.6. The number of aliphatic imine (C=N–C) groups is 1. The monoisotopic (exact) mass is 286 g/mol. The average Bonchev–Trinajstić information content (AvgIpc) is 2.34. The van der Waals surface area contributed by atoms with Gasteiger partial charge in [0.25, 0.3) is 0 Å². The van der Waals surface area contributed by atoms with Crippen LogP contribution in [0.2, 0.25) is 0 Å². The number of hydrogen-bond donors (Lipinski definition) is 1. The van der Waals surface area contributed by atoms with Gasteiger partial charge < -0.3 is 5.73 Å². The molecule has 0 unspecified atom stereocenters. The van der Waals surface area contributed by atoms with Gasteiger partial charge in [0.1, 0.15) is 0 Å². The molecule has 4 heteroatoms. The maximum Gasteiger partial charge on any atom is 0.0755 e. The normalized spacial score (nSPS) is 13.5. The van der Waals surface area contributed by atoms with Gasteiger partial charge in [-0.1, -0.05) is 30.1 Å². The molecule has 2 aromatic carbocycles. The van der Waals surface area contributed by atoms with E-state index in [4.69, 9.17) is 5.73 Å². The van der Waals surface area contributed by atoms with Crippen LogP contribution in [0.15, 0.2) is 50.5 Å². The first-order valence-electron chi connectivity index (χ1n) is 5.98. The minimum atomic E-state index is 0.805. The molecule has 0 amide bonds. The van der Waals surface area contributed by atoms with Gasteiger partial charge in [-0.25, -0.2) is 4.99 Å². The van der Waals surface area contributed by atoms with Crippen molar-refractivity contribution in [3.05, 3.63) is 35.7 Å². The van der Waals surface area contributed by atoms with Gasteiger partial charge in [-0.05, 0) is 43.0 Å². The molecule has 0 spiro atoms. The van der Waals surface area contributed by atoms with Crippen molar-refractivity contribution < 1.29 is 0 Å². The van der Waals surface area contributed by atoms with E-state index in [1.54, 1.807) is 23.5 Å². The number of nitrogen functional groups attached to an aromatic ring is 1. The van der Waals surface area contributed by atoms with Gasteiger partial charge in [-0.15, -0.1) is 0 Å². The minimum absolute atomic E-state index is 0.805. The zero-order valence-electron chi connectivity index (χ0n) is 10.9. The molecule has 1 heterocycles. The predicted octanol–water partition coefficient (Wildman–Crippen LogP) is 5.20. The highest BCUT2D eigenvalue weighted by atomic mass is 32.2. The molecule has 2 N–H and O–H groups in total. The Kier molecular flexibility index (Phi) is 3.07. The average molecular weight is 286 g/mol. The largest absolute Gasteiger partial charge is 0.398 e. The van der Waals surface area contributed by atoms with E-state index < -0.39 is 0 Å². The van der Waals surface area contributed by atoms with Crippen LogP contribution in [-0.2, 0) is 0 Å². The van der Waals surface area contributed by atoms with Crippen molar-refractivity contribution >= 4 is 50.7 Å². The summed E-state index contributed by atoms with van der Waals surface area (Å²) in [7, 11) is 0. The maximum atomic E-state index is 6.18. The van der Waals surface area contributed by atoms with Crippen LogP contribution >= 0.6 is 23.5 Å². The number of anilines is 1. The van der Waals surface area contributed by atoms with Gasteiger partial charge >= 0.3 is 0 Å². The molecule has 19 heavy (non-hydrogen) atoms. The predicted molar refractivity (Wildman–Crippen MR) is 87.7 cm³/mol. The van der Waals surface area contributed by atoms with Gasteiger partial charge in [-0.2, -0.15) is 0 Å². The van der Waals surface area contributed by atoms with Crippen LogP contribution in [0, 0.1) is 0 Å². The summed E-state index contributed by atoms with van der Waals surface area (Å²) in [5.74, 6) is 0. The van der Waals surface area contributed by atoms with E-state index in [2.05, 4.69) is 29.8 Å². The lowest BCUT2D eigenvalue weighted by Gasteiger charge is -2.18. The number of nitrogens with two attached hydrogens (primary N) is 1. The van der Waals surface area contributed by atoms with Gasteiger partial charge in [0.2, 0.25) is 0 Å². The third-order valence-corrected chi connectivity index (χ3v) is 4.77. The van der Waals surface area contributed by atoms with Crippen molar-refractivity contribution in [2.45, 2.75) is 23.6 Å². The molecule has 0 aliphatic carbocycles. The van der Waals surface area contributed by atoms with Gasteiger partial charge in [-0.3, -0.25) is 0 Å². The lowest BCUT2D eigenvalue weighted by Crippen LogP contribution is -1.96.